The van der Waals surface area contributed by atoms with Crippen LogP contribution >= 0.6 is 34.4 Å². The molecule has 1 aromatic rings. The maximum Gasteiger partial charge on any atom is 0.123 e. The molecule has 0 fully saturated rings. The van der Waals surface area contributed by atoms with Gasteiger partial charge in [0.1, 0.15) is 5.82 Å². The largest absolute Gasteiger partial charge is 0.245 e. The van der Waals surface area contributed by atoms with E-state index in [0.717, 1.165) is 20.7 Å². The molecule has 72 valence electrons. The summed E-state index contributed by atoms with van der Waals surface area (Å²) in [5.41, 5.74) is 1.89. The van der Waals surface area contributed by atoms with Crippen molar-refractivity contribution in [3.63, 3.8) is 0 Å². The predicted octanol–water partition coefficient (Wildman–Crippen LogP) is 3.70. The van der Waals surface area contributed by atoms with Gasteiger partial charge in [-0.15, -0.1) is 11.8 Å². The van der Waals surface area contributed by atoms with Gasteiger partial charge < -0.3 is 0 Å². The smallest absolute Gasteiger partial charge is 0.123 e. The SMILES string of the molecule is Fc1ccc(C2=CSCC(I)=N2)cc1. The van der Waals surface area contributed by atoms with Crippen LogP contribution in [0.2, 0.25) is 0 Å². The Kier molecular flexibility index (Phi) is 3.22. The average Bonchev–Trinajstić information content (AvgIpc) is 2.19. The van der Waals surface area contributed by atoms with Crippen LogP contribution in [-0.4, -0.2) is 9.47 Å². The first-order valence-corrected chi connectivity index (χ1v) is 6.19. The summed E-state index contributed by atoms with van der Waals surface area (Å²) in [5.74, 6) is 0.724. The van der Waals surface area contributed by atoms with Crippen LogP contribution in [0.25, 0.3) is 5.70 Å². The first kappa shape index (κ1) is 10.2. The second-order valence-electron chi connectivity index (χ2n) is 2.81. The molecule has 1 nitrogen and oxygen atoms in total. The van der Waals surface area contributed by atoms with E-state index in [1.54, 1.807) is 23.9 Å². The zero-order chi connectivity index (χ0) is 9.97. The Morgan fingerprint density at radius 3 is 2.64 bits per heavy atom. The van der Waals surface area contributed by atoms with Crippen molar-refractivity contribution >= 4 is 43.8 Å². The van der Waals surface area contributed by atoms with Gasteiger partial charge in [0.05, 0.1) is 9.42 Å². The molecule has 1 heterocycles. The number of hydrogen-bond acceptors (Lipinski definition) is 2. The minimum Gasteiger partial charge on any atom is -0.245 e. The molecule has 0 aliphatic carbocycles. The lowest BCUT2D eigenvalue weighted by molar-refractivity contribution is 0.627. The average molecular weight is 319 g/mol. The third-order valence-electron chi connectivity index (χ3n) is 1.78. The van der Waals surface area contributed by atoms with Gasteiger partial charge in [-0.25, -0.2) is 9.38 Å². The second-order valence-corrected chi connectivity index (χ2v) is 4.91. The normalized spacial score (nSPS) is 16.1. The molecule has 0 atom stereocenters. The highest BCUT2D eigenvalue weighted by Crippen LogP contribution is 2.26. The number of nitrogens with zero attached hydrogens (tertiary/aromatic N) is 1. The molecule has 0 radical (unpaired) electrons. The standard InChI is InChI=1S/C10H7FINS/c11-8-3-1-7(2-4-8)9-5-14-6-10(12)13-9/h1-5H,6H2. The lowest BCUT2D eigenvalue weighted by atomic mass is 10.2. The third kappa shape index (κ3) is 2.36. The summed E-state index contributed by atoms with van der Waals surface area (Å²) in [7, 11) is 0. The Hall–Kier alpha value is -0.360. The van der Waals surface area contributed by atoms with Crippen molar-refractivity contribution in [2.45, 2.75) is 0 Å². The zero-order valence-electron chi connectivity index (χ0n) is 7.21. The molecule has 0 aromatic heterocycles. The summed E-state index contributed by atoms with van der Waals surface area (Å²) >= 11 is 3.94. The summed E-state index contributed by atoms with van der Waals surface area (Å²) in [6, 6.07) is 6.41. The number of rotatable bonds is 1. The van der Waals surface area contributed by atoms with Crippen LogP contribution in [0.3, 0.4) is 0 Å². The zero-order valence-corrected chi connectivity index (χ0v) is 10.2. The summed E-state index contributed by atoms with van der Waals surface area (Å²) in [4.78, 5) is 4.40. The van der Waals surface area contributed by atoms with E-state index in [1.807, 2.05) is 5.41 Å². The fraction of sp³-hybridized carbons (Fsp3) is 0.100. The Bertz CT molecular complexity index is 397. The van der Waals surface area contributed by atoms with E-state index in [1.165, 1.54) is 12.1 Å². The van der Waals surface area contributed by atoms with Crippen LogP contribution in [0.4, 0.5) is 4.39 Å². The van der Waals surface area contributed by atoms with Crippen molar-refractivity contribution in [2.75, 3.05) is 5.75 Å². The van der Waals surface area contributed by atoms with Gasteiger partial charge in [0.2, 0.25) is 0 Å². The predicted molar refractivity (Wildman–Crippen MR) is 68.3 cm³/mol. The monoisotopic (exact) mass is 319 g/mol. The molecule has 0 saturated heterocycles. The summed E-state index contributed by atoms with van der Waals surface area (Å²) < 4.78 is 13.7. The van der Waals surface area contributed by atoms with Crippen molar-refractivity contribution in [1.29, 1.82) is 0 Å². The van der Waals surface area contributed by atoms with E-state index in [-0.39, 0.29) is 5.82 Å². The van der Waals surface area contributed by atoms with E-state index in [4.69, 9.17) is 0 Å². The quantitative estimate of drug-likeness (QED) is 0.719. The lowest BCUT2D eigenvalue weighted by Crippen LogP contribution is -1.96. The van der Waals surface area contributed by atoms with Gasteiger partial charge >= 0.3 is 0 Å². The molecule has 4 heteroatoms. The van der Waals surface area contributed by atoms with Gasteiger partial charge in [-0.05, 0) is 52.3 Å². The number of benzene rings is 1. The molecule has 1 aliphatic heterocycles. The molecule has 14 heavy (non-hydrogen) atoms. The van der Waals surface area contributed by atoms with E-state index in [2.05, 4.69) is 27.6 Å². The molecule has 0 bridgehead atoms. The molecule has 1 aromatic carbocycles. The molecule has 2 rings (SSSR count). The number of aliphatic imine (C=N–C) groups is 1. The molecular formula is C10H7FINS. The van der Waals surface area contributed by atoms with Crippen LogP contribution in [0.15, 0.2) is 34.7 Å². The molecule has 0 N–H and O–H groups in total. The van der Waals surface area contributed by atoms with Gasteiger partial charge in [0.25, 0.3) is 0 Å². The Balaban J connectivity index is 2.32. The molecule has 0 saturated carbocycles. The first-order chi connectivity index (χ1) is 6.75. The Morgan fingerprint density at radius 2 is 2.00 bits per heavy atom. The third-order valence-corrected chi connectivity index (χ3v) is 3.75. The highest BCUT2D eigenvalue weighted by atomic mass is 127. The van der Waals surface area contributed by atoms with Gasteiger partial charge in [0, 0.05) is 11.3 Å². The van der Waals surface area contributed by atoms with Crippen molar-refractivity contribution < 1.29 is 4.39 Å². The second kappa shape index (κ2) is 4.44. The minimum absolute atomic E-state index is 0.212. The van der Waals surface area contributed by atoms with Crippen LogP contribution in [0.5, 0.6) is 0 Å². The van der Waals surface area contributed by atoms with Crippen molar-refractivity contribution in [2.24, 2.45) is 4.99 Å². The summed E-state index contributed by atoms with van der Waals surface area (Å²) in [5, 5.41) is 2.01. The van der Waals surface area contributed by atoms with Crippen molar-refractivity contribution in [1.82, 2.24) is 0 Å². The molecule has 1 aliphatic rings. The molecular weight excluding hydrogens is 312 g/mol. The highest BCUT2D eigenvalue weighted by Gasteiger charge is 2.06. The minimum atomic E-state index is -0.212. The number of hydrogen-bond donors (Lipinski definition) is 0. The van der Waals surface area contributed by atoms with Gasteiger partial charge in [-0.3, -0.25) is 0 Å². The first-order valence-electron chi connectivity index (χ1n) is 4.06. The maximum absolute atomic E-state index is 12.7. The van der Waals surface area contributed by atoms with Gasteiger partial charge in [-0.1, -0.05) is 0 Å². The fourth-order valence-electron chi connectivity index (χ4n) is 1.13. The van der Waals surface area contributed by atoms with Crippen molar-refractivity contribution in [3.05, 3.63) is 41.1 Å². The number of halogens is 2. The van der Waals surface area contributed by atoms with Crippen LogP contribution < -0.4 is 0 Å². The topological polar surface area (TPSA) is 12.4 Å². The van der Waals surface area contributed by atoms with Crippen molar-refractivity contribution in [3.8, 4) is 0 Å². The van der Waals surface area contributed by atoms with E-state index in [0.29, 0.717) is 0 Å². The lowest BCUT2D eigenvalue weighted by Gasteiger charge is -2.08. The fourth-order valence-corrected chi connectivity index (χ4v) is 2.56. The van der Waals surface area contributed by atoms with E-state index in [9.17, 15) is 4.39 Å². The maximum atomic E-state index is 12.7. The van der Waals surface area contributed by atoms with E-state index >= 15 is 0 Å². The Morgan fingerprint density at radius 1 is 1.29 bits per heavy atom. The number of thioether (sulfide) groups is 1. The molecule has 0 unspecified atom stereocenters. The van der Waals surface area contributed by atoms with Crippen LogP contribution in [-0.2, 0) is 0 Å². The summed E-state index contributed by atoms with van der Waals surface area (Å²) in [6.45, 7) is 0. The van der Waals surface area contributed by atoms with Gasteiger partial charge in [0.15, 0.2) is 0 Å². The molecule has 0 amide bonds. The summed E-state index contributed by atoms with van der Waals surface area (Å²) in [6.07, 6.45) is 0. The highest BCUT2D eigenvalue weighted by molar-refractivity contribution is 14.1. The van der Waals surface area contributed by atoms with Gasteiger partial charge in [-0.2, -0.15) is 0 Å². The Labute approximate surface area is 99.6 Å². The van der Waals surface area contributed by atoms with Crippen LogP contribution in [0.1, 0.15) is 5.56 Å². The molecule has 0 spiro atoms. The van der Waals surface area contributed by atoms with E-state index < -0.39 is 0 Å². The van der Waals surface area contributed by atoms with Crippen LogP contribution in [0, 0.1) is 5.82 Å².